The highest BCUT2D eigenvalue weighted by Gasteiger charge is 2.11. The van der Waals surface area contributed by atoms with Crippen molar-refractivity contribution >= 4 is 29.9 Å². The molecule has 2 N–H and O–H groups in total. The Morgan fingerprint density at radius 2 is 1.73 bits per heavy atom. The van der Waals surface area contributed by atoms with Crippen molar-refractivity contribution in [2.24, 2.45) is 4.99 Å². The molecule has 0 saturated carbocycles. The number of hydrogen-bond donors (Lipinski definition) is 2. The van der Waals surface area contributed by atoms with Gasteiger partial charge in [-0.1, -0.05) is 17.7 Å². The molecule has 0 atom stereocenters. The molecule has 2 aromatic rings. The molecule has 0 bridgehead atoms. The van der Waals surface area contributed by atoms with Crippen molar-refractivity contribution in [3.8, 4) is 17.2 Å². The van der Waals surface area contributed by atoms with Crippen LogP contribution in [0.25, 0.3) is 0 Å². The average Bonchev–Trinajstić information content (AvgIpc) is 2.71. The van der Waals surface area contributed by atoms with Gasteiger partial charge in [-0.3, -0.25) is 4.99 Å². The van der Waals surface area contributed by atoms with Crippen molar-refractivity contribution in [3.05, 3.63) is 53.1 Å². The maximum Gasteiger partial charge on any atom is 0.387 e. The molecule has 30 heavy (non-hydrogen) atoms. The summed E-state index contributed by atoms with van der Waals surface area (Å²) in [6.07, 6.45) is 0.686. The molecule has 0 amide bonds. The molecule has 0 saturated heterocycles. The van der Waals surface area contributed by atoms with Crippen molar-refractivity contribution in [2.75, 3.05) is 27.8 Å². The molecule has 0 heterocycles. The van der Waals surface area contributed by atoms with Gasteiger partial charge in [0, 0.05) is 25.7 Å². The molecule has 166 valence electrons. The second-order valence-electron chi connectivity index (χ2n) is 6.27. The Labute approximate surface area is 193 Å². The molecule has 0 aromatic heterocycles. The van der Waals surface area contributed by atoms with Crippen molar-refractivity contribution in [1.82, 2.24) is 10.6 Å². The molecule has 0 aliphatic rings. The molecule has 2 rings (SSSR count). The molecule has 0 unspecified atom stereocenters. The lowest BCUT2D eigenvalue weighted by Crippen LogP contribution is -2.38. The van der Waals surface area contributed by atoms with E-state index in [1.54, 1.807) is 39.5 Å². The maximum absolute atomic E-state index is 12.6. The van der Waals surface area contributed by atoms with Crippen molar-refractivity contribution in [1.29, 1.82) is 0 Å². The lowest BCUT2D eigenvalue weighted by atomic mass is 10.1. The second kappa shape index (κ2) is 13.1. The summed E-state index contributed by atoms with van der Waals surface area (Å²) in [5.74, 6) is 2.24. The minimum absolute atomic E-state index is 0. The fourth-order valence-corrected chi connectivity index (χ4v) is 2.85. The second-order valence-corrected chi connectivity index (χ2v) is 6.27. The fraction of sp³-hybridized carbons (Fsp3) is 0.381. The topological polar surface area (TPSA) is 64.1 Å². The quantitative estimate of drug-likeness (QED) is 0.287. The number of nitrogens with zero attached hydrogens (tertiary/aromatic N) is 1. The number of aliphatic imine (C=N–C) groups is 1. The van der Waals surface area contributed by atoms with Crippen LogP contribution in [-0.2, 0) is 13.0 Å². The van der Waals surface area contributed by atoms with Gasteiger partial charge in [0.05, 0.1) is 14.2 Å². The third kappa shape index (κ3) is 7.85. The molecule has 0 fully saturated rings. The van der Waals surface area contributed by atoms with Gasteiger partial charge in [0.1, 0.15) is 17.2 Å². The number of halogens is 3. The van der Waals surface area contributed by atoms with Crippen molar-refractivity contribution in [2.45, 2.75) is 26.5 Å². The van der Waals surface area contributed by atoms with Crippen LogP contribution in [0.3, 0.4) is 0 Å². The monoisotopic (exact) mass is 535 g/mol. The lowest BCUT2D eigenvalue weighted by Gasteiger charge is -2.16. The van der Waals surface area contributed by atoms with Gasteiger partial charge < -0.3 is 24.8 Å². The summed E-state index contributed by atoms with van der Waals surface area (Å²) < 4.78 is 40.5. The summed E-state index contributed by atoms with van der Waals surface area (Å²) in [6.45, 7) is -0.0835. The minimum Gasteiger partial charge on any atom is -0.497 e. The number of aryl methyl sites for hydroxylation is 1. The van der Waals surface area contributed by atoms with E-state index in [0.29, 0.717) is 31.0 Å². The van der Waals surface area contributed by atoms with Crippen LogP contribution in [0.4, 0.5) is 8.78 Å². The number of alkyl halides is 2. The number of benzene rings is 2. The van der Waals surface area contributed by atoms with Gasteiger partial charge in [-0.2, -0.15) is 8.78 Å². The summed E-state index contributed by atoms with van der Waals surface area (Å²) in [6, 6.07) is 10.7. The van der Waals surface area contributed by atoms with E-state index >= 15 is 0 Å². The third-order valence-corrected chi connectivity index (χ3v) is 4.28. The summed E-state index contributed by atoms with van der Waals surface area (Å²) in [5, 5.41) is 6.33. The van der Waals surface area contributed by atoms with Crippen LogP contribution >= 0.6 is 24.0 Å². The summed E-state index contributed by atoms with van der Waals surface area (Å²) in [4.78, 5) is 4.17. The Kier molecular flexibility index (Phi) is 11.2. The van der Waals surface area contributed by atoms with E-state index in [-0.39, 0.29) is 29.7 Å². The van der Waals surface area contributed by atoms with Crippen LogP contribution in [0, 0.1) is 6.92 Å². The first-order valence-electron chi connectivity index (χ1n) is 9.16. The predicted octanol–water partition coefficient (Wildman–Crippen LogP) is 4.14. The van der Waals surface area contributed by atoms with E-state index < -0.39 is 6.61 Å². The Bertz CT molecular complexity index is 835. The standard InChI is InChI=1S/C21H27F2N3O3.HI/c1-14-5-7-19(29-20(22)23)16(11-14)13-26-21(24-2)25-10-9-15-12-17(27-3)6-8-18(15)28-4;/h5-8,11-12,20H,9-10,13H2,1-4H3,(H2,24,25,26);1H. The van der Waals surface area contributed by atoms with Crippen LogP contribution in [0.1, 0.15) is 16.7 Å². The maximum atomic E-state index is 12.6. The predicted molar refractivity (Wildman–Crippen MR) is 125 cm³/mol. The number of ether oxygens (including phenoxy) is 3. The Hall–Kier alpha value is -2.30. The number of guanidine groups is 1. The van der Waals surface area contributed by atoms with E-state index in [1.165, 1.54) is 0 Å². The van der Waals surface area contributed by atoms with Gasteiger partial charge >= 0.3 is 6.61 Å². The zero-order valence-corrected chi connectivity index (χ0v) is 19.8. The number of nitrogens with one attached hydrogen (secondary N) is 2. The molecule has 0 aliphatic carbocycles. The summed E-state index contributed by atoms with van der Waals surface area (Å²) in [5.41, 5.74) is 2.58. The van der Waals surface area contributed by atoms with Crippen molar-refractivity contribution < 1.29 is 23.0 Å². The lowest BCUT2D eigenvalue weighted by molar-refractivity contribution is -0.0504. The van der Waals surface area contributed by atoms with Crippen LogP contribution in [0.5, 0.6) is 17.2 Å². The third-order valence-electron chi connectivity index (χ3n) is 4.28. The zero-order chi connectivity index (χ0) is 21.2. The van der Waals surface area contributed by atoms with Crippen LogP contribution < -0.4 is 24.8 Å². The molecule has 0 aliphatic heterocycles. The van der Waals surface area contributed by atoms with E-state index in [4.69, 9.17) is 9.47 Å². The molecule has 0 radical (unpaired) electrons. The molecule has 9 heteroatoms. The fourth-order valence-electron chi connectivity index (χ4n) is 2.85. The number of rotatable bonds is 9. The van der Waals surface area contributed by atoms with Gasteiger partial charge in [-0.15, -0.1) is 24.0 Å². The number of hydrogen-bond acceptors (Lipinski definition) is 4. The van der Waals surface area contributed by atoms with Gasteiger partial charge in [-0.05, 0) is 43.2 Å². The Morgan fingerprint density at radius 1 is 1.00 bits per heavy atom. The van der Waals surface area contributed by atoms with Gasteiger partial charge in [0.15, 0.2) is 5.96 Å². The Morgan fingerprint density at radius 3 is 2.37 bits per heavy atom. The molecule has 6 nitrogen and oxygen atoms in total. The summed E-state index contributed by atoms with van der Waals surface area (Å²) in [7, 11) is 4.89. The normalized spacial score (nSPS) is 11.0. The van der Waals surface area contributed by atoms with Crippen LogP contribution in [-0.4, -0.2) is 40.4 Å². The SMILES string of the molecule is CN=C(NCCc1cc(OC)ccc1OC)NCc1cc(C)ccc1OC(F)F.I. The van der Waals surface area contributed by atoms with E-state index in [1.807, 2.05) is 25.1 Å². The smallest absolute Gasteiger partial charge is 0.387 e. The van der Waals surface area contributed by atoms with Gasteiger partial charge in [-0.25, -0.2) is 0 Å². The first-order valence-corrected chi connectivity index (χ1v) is 9.16. The molecular formula is C21H28F2IN3O3. The summed E-state index contributed by atoms with van der Waals surface area (Å²) >= 11 is 0. The Balaban J connectivity index is 0.00000450. The zero-order valence-electron chi connectivity index (χ0n) is 17.5. The minimum atomic E-state index is -2.87. The first kappa shape index (κ1) is 25.7. The molecular weight excluding hydrogens is 507 g/mol. The largest absolute Gasteiger partial charge is 0.497 e. The van der Waals surface area contributed by atoms with Crippen LogP contribution in [0.2, 0.25) is 0 Å². The van der Waals surface area contributed by atoms with E-state index in [9.17, 15) is 8.78 Å². The average molecular weight is 535 g/mol. The highest BCUT2D eigenvalue weighted by Crippen LogP contribution is 2.24. The highest BCUT2D eigenvalue weighted by atomic mass is 127. The first-order chi connectivity index (χ1) is 14.0. The van der Waals surface area contributed by atoms with Crippen LogP contribution in [0.15, 0.2) is 41.4 Å². The van der Waals surface area contributed by atoms with E-state index in [2.05, 4.69) is 20.4 Å². The highest BCUT2D eigenvalue weighted by molar-refractivity contribution is 14.0. The van der Waals surface area contributed by atoms with Gasteiger partial charge in [0.25, 0.3) is 0 Å². The molecule has 0 spiro atoms. The van der Waals surface area contributed by atoms with E-state index in [0.717, 1.165) is 22.6 Å². The van der Waals surface area contributed by atoms with Crippen molar-refractivity contribution in [3.63, 3.8) is 0 Å². The van der Waals surface area contributed by atoms with Gasteiger partial charge in [0.2, 0.25) is 0 Å². The molecule has 2 aromatic carbocycles. The number of methoxy groups -OCH3 is 2.